The fourth-order valence-corrected chi connectivity index (χ4v) is 2.20. The molecule has 0 heterocycles. The first-order valence-corrected chi connectivity index (χ1v) is 5.73. The lowest BCUT2D eigenvalue weighted by molar-refractivity contribution is 0.0786. The van der Waals surface area contributed by atoms with Crippen molar-refractivity contribution in [3.05, 3.63) is 0 Å². The number of alkyl halides is 2. The lowest BCUT2D eigenvalue weighted by Gasteiger charge is -2.03. The fraction of sp³-hybridized carbons (Fsp3) is 1.00. The molecule has 2 unspecified atom stereocenters. The summed E-state index contributed by atoms with van der Waals surface area (Å²) in [6.45, 7) is 8.23. The van der Waals surface area contributed by atoms with Crippen LogP contribution in [0.4, 0.5) is 8.78 Å². The minimum absolute atomic E-state index is 0.313. The summed E-state index contributed by atoms with van der Waals surface area (Å²) in [5, 5.41) is 0. The Labute approximate surface area is 86.1 Å². The molecule has 1 aliphatic carbocycles. The van der Waals surface area contributed by atoms with Crippen molar-refractivity contribution in [2.24, 2.45) is 23.7 Å². The summed E-state index contributed by atoms with van der Waals surface area (Å²) in [4.78, 5) is 0. The van der Waals surface area contributed by atoms with Gasteiger partial charge < -0.3 is 0 Å². The summed E-state index contributed by atoms with van der Waals surface area (Å²) in [7, 11) is 0. The Balaban J connectivity index is 2.33. The first-order chi connectivity index (χ1) is 6.35. The molecule has 0 bridgehead atoms. The Morgan fingerprint density at radius 1 is 1.00 bits per heavy atom. The first-order valence-electron chi connectivity index (χ1n) is 5.73. The molecular formula is C12H22F2. The second-order valence-corrected chi connectivity index (χ2v) is 5.49. The van der Waals surface area contributed by atoms with Crippen LogP contribution in [0, 0.1) is 23.7 Å². The Morgan fingerprint density at radius 3 is 2.00 bits per heavy atom. The molecule has 0 aromatic rings. The summed E-state index contributed by atoms with van der Waals surface area (Å²) in [5.41, 5.74) is 0. The van der Waals surface area contributed by atoms with Gasteiger partial charge in [-0.15, -0.1) is 0 Å². The van der Waals surface area contributed by atoms with Gasteiger partial charge in [-0.2, -0.15) is 0 Å². The van der Waals surface area contributed by atoms with Gasteiger partial charge in [-0.05, 0) is 24.7 Å². The second kappa shape index (κ2) is 4.16. The Bertz CT molecular complexity index is 185. The van der Waals surface area contributed by atoms with E-state index in [1.807, 2.05) is 13.8 Å². The third-order valence-electron chi connectivity index (χ3n) is 3.15. The highest BCUT2D eigenvalue weighted by Crippen LogP contribution is 2.60. The molecule has 0 amide bonds. The van der Waals surface area contributed by atoms with E-state index in [1.165, 1.54) is 0 Å². The number of hydrogen-bond donors (Lipinski definition) is 0. The third kappa shape index (κ3) is 2.68. The van der Waals surface area contributed by atoms with Crippen LogP contribution < -0.4 is 0 Å². The molecule has 0 nitrogen and oxygen atoms in total. The van der Waals surface area contributed by atoms with Gasteiger partial charge in [-0.3, -0.25) is 0 Å². The zero-order valence-corrected chi connectivity index (χ0v) is 9.69. The predicted octanol–water partition coefficient (Wildman–Crippen LogP) is 4.35. The monoisotopic (exact) mass is 204 g/mol. The van der Waals surface area contributed by atoms with Crippen molar-refractivity contribution in [3.63, 3.8) is 0 Å². The zero-order valence-electron chi connectivity index (χ0n) is 9.69. The maximum Gasteiger partial charge on any atom is 0.254 e. The van der Waals surface area contributed by atoms with E-state index in [1.54, 1.807) is 0 Å². The average molecular weight is 204 g/mol. The third-order valence-corrected chi connectivity index (χ3v) is 3.15. The molecule has 1 fully saturated rings. The van der Waals surface area contributed by atoms with E-state index >= 15 is 0 Å². The highest BCUT2D eigenvalue weighted by molar-refractivity contribution is 5.05. The molecule has 0 aromatic carbocycles. The molecule has 1 aliphatic rings. The lowest BCUT2D eigenvalue weighted by atomic mass is 10.0. The van der Waals surface area contributed by atoms with Crippen LogP contribution >= 0.6 is 0 Å². The van der Waals surface area contributed by atoms with Crippen LogP contribution in [0.5, 0.6) is 0 Å². The summed E-state index contributed by atoms with van der Waals surface area (Å²) in [6.07, 6.45) is 2.34. The van der Waals surface area contributed by atoms with E-state index in [0.717, 1.165) is 6.42 Å². The number of halogens is 2. The van der Waals surface area contributed by atoms with Crippen LogP contribution in [0.2, 0.25) is 0 Å². The Morgan fingerprint density at radius 2 is 1.57 bits per heavy atom. The van der Waals surface area contributed by atoms with Crippen molar-refractivity contribution < 1.29 is 8.78 Å². The topological polar surface area (TPSA) is 0 Å². The summed E-state index contributed by atoms with van der Waals surface area (Å²) in [6, 6.07) is 0. The van der Waals surface area contributed by atoms with E-state index in [9.17, 15) is 8.78 Å². The molecule has 0 spiro atoms. The predicted molar refractivity (Wildman–Crippen MR) is 55.5 cm³/mol. The smallest absolute Gasteiger partial charge is 0.206 e. The van der Waals surface area contributed by atoms with Crippen molar-refractivity contribution in [3.8, 4) is 0 Å². The van der Waals surface area contributed by atoms with Crippen LogP contribution in [0.3, 0.4) is 0 Å². The minimum Gasteiger partial charge on any atom is -0.206 e. The largest absolute Gasteiger partial charge is 0.254 e. The molecule has 2 heteroatoms. The van der Waals surface area contributed by atoms with Gasteiger partial charge in [0.05, 0.1) is 0 Å². The van der Waals surface area contributed by atoms with Crippen molar-refractivity contribution in [1.82, 2.24) is 0 Å². The van der Waals surface area contributed by atoms with Crippen molar-refractivity contribution in [1.29, 1.82) is 0 Å². The molecule has 0 N–H and O–H groups in total. The van der Waals surface area contributed by atoms with Gasteiger partial charge in [0, 0.05) is 11.8 Å². The highest BCUT2D eigenvalue weighted by Gasteiger charge is 2.66. The van der Waals surface area contributed by atoms with E-state index in [0.29, 0.717) is 24.7 Å². The summed E-state index contributed by atoms with van der Waals surface area (Å²) >= 11 is 0. The SMILES string of the molecule is CC(C)CCC1C(CC(C)C)C1(F)F. The fourth-order valence-electron chi connectivity index (χ4n) is 2.20. The van der Waals surface area contributed by atoms with E-state index in [4.69, 9.17) is 0 Å². The van der Waals surface area contributed by atoms with Gasteiger partial charge in [-0.1, -0.05) is 34.1 Å². The van der Waals surface area contributed by atoms with Crippen molar-refractivity contribution in [2.75, 3.05) is 0 Å². The van der Waals surface area contributed by atoms with Gasteiger partial charge in [-0.25, -0.2) is 8.78 Å². The van der Waals surface area contributed by atoms with Gasteiger partial charge in [0.2, 0.25) is 0 Å². The van der Waals surface area contributed by atoms with Gasteiger partial charge >= 0.3 is 0 Å². The molecule has 0 radical (unpaired) electrons. The second-order valence-electron chi connectivity index (χ2n) is 5.49. The molecule has 14 heavy (non-hydrogen) atoms. The molecular weight excluding hydrogens is 182 g/mol. The standard InChI is InChI=1S/C12H22F2/c1-8(2)5-6-10-11(7-9(3)4)12(10,13)14/h8-11H,5-7H2,1-4H3. The van der Waals surface area contributed by atoms with E-state index < -0.39 is 5.92 Å². The van der Waals surface area contributed by atoms with Crippen LogP contribution in [-0.4, -0.2) is 5.92 Å². The highest BCUT2D eigenvalue weighted by atomic mass is 19.3. The maximum atomic E-state index is 13.3. The molecule has 84 valence electrons. The van der Waals surface area contributed by atoms with E-state index in [2.05, 4.69) is 13.8 Å². The van der Waals surface area contributed by atoms with Crippen molar-refractivity contribution >= 4 is 0 Å². The van der Waals surface area contributed by atoms with Gasteiger partial charge in [0.15, 0.2) is 0 Å². The van der Waals surface area contributed by atoms with Crippen LogP contribution in [0.1, 0.15) is 47.0 Å². The molecule has 0 aromatic heterocycles. The minimum atomic E-state index is -2.35. The number of hydrogen-bond acceptors (Lipinski definition) is 0. The van der Waals surface area contributed by atoms with Crippen molar-refractivity contribution in [2.45, 2.75) is 52.9 Å². The Hall–Kier alpha value is -0.140. The number of rotatable bonds is 5. The first kappa shape index (κ1) is 11.9. The average Bonchev–Trinajstić information content (AvgIpc) is 2.48. The van der Waals surface area contributed by atoms with Gasteiger partial charge in [0.25, 0.3) is 5.92 Å². The molecule has 0 saturated heterocycles. The van der Waals surface area contributed by atoms with Gasteiger partial charge in [0.1, 0.15) is 0 Å². The quantitative estimate of drug-likeness (QED) is 0.624. The van der Waals surface area contributed by atoms with Crippen LogP contribution in [0.25, 0.3) is 0 Å². The Kier molecular flexibility index (Phi) is 3.54. The summed E-state index contributed by atoms with van der Waals surface area (Å²) < 4.78 is 26.5. The maximum absolute atomic E-state index is 13.3. The van der Waals surface area contributed by atoms with E-state index in [-0.39, 0.29) is 11.8 Å². The van der Waals surface area contributed by atoms with Crippen LogP contribution in [0.15, 0.2) is 0 Å². The molecule has 0 aliphatic heterocycles. The zero-order chi connectivity index (χ0) is 10.9. The van der Waals surface area contributed by atoms with Crippen LogP contribution in [-0.2, 0) is 0 Å². The molecule has 1 saturated carbocycles. The summed E-state index contributed by atoms with van der Waals surface area (Å²) in [5.74, 6) is -2.03. The lowest BCUT2D eigenvalue weighted by Crippen LogP contribution is -1.98. The normalized spacial score (nSPS) is 30.0. The molecule has 2 atom stereocenters. The molecule has 1 rings (SSSR count).